The lowest BCUT2D eigenvalue weighted by Crippen LogP contribution is -2.56. The molecule has 20 heavy (non-hydrogen) atoms. The largest absolute Gasteiger partial charge is 0.496 e. The quantitative estimate of drug-likeness (QED) is 0.910. The van der Waals surface area contributed by atoms with E-state index in [1.165, 1.54) is 5.56 Å². The Morgan fingerprint density at radius 1 is 1.45 bits per heavy atom. The lowest BCUT2D eigenvalue weighted by atomic mass is 9.98. The summed E-state index contributed by atoms with van der Waals surface area (Å²) in [5.74, 6) is 1.56. The van der Waals surface area contributed by atoms with Gasteiger partial charge in [0.25, 0.3) is 0 Å². The van der Waals surface area contributed by atoms with Gasteiger partial charge in [-0.15, -0.1) is 0 Å². The van der Waals surface area contributed by atoms with Crippen LogP contribution in [0.15, 0.2) is 22.7 Å². The minimum atomic E-state index is 0.562. The predicted octanol–water partition coefficient (Wildman–Crippen LogP) is 3.28. The van der Waals surface area contributed by atoms with Gasteiger partial charge in [-0.25, -0.2) is 0 Å². The first-order valence-electron chi connectivity index (χ1n) is 7.31. The Hall–Kier alpha value is -0.580. The molecule has 112 valence electrons. The van der Waals surface area contributed by atoms with Crippen LogP contribution < -0.4 is 10.1 Å². The highest BCUT2D eigenvalue weighted by atomic mass is 79.9. The van der Waals surface area contributed by atoms with Gasteiger partial charge in [-0.05, 0) is 46.5 Å². The summed E-state index contributed by atoms with van der Waals surface area (Å²) in [5, 5.41) is 3.59. The van der Waals surface area contributed by atoms with E-state index in [2.05, 4.69) is 59.1 Å². The maximum absolute atomic E-state index is 5.30. The van der Waals surface area contributed by atoms with E-state index in [0.717, 1.165) is 29.9 Å². The van der Waals surface area contributed by atoms with Crippen LogP contribution in [0.4, 0.5) is 0 Å². The highest BCUT2D eigenvalue weighted by Crippen LogP contribution is 2.27. The molecular weight excluding hydrogens is 316 g/mol. The summed E-state index contributed by atoms with van der Waals surface area (Å²) in [5.41, 5.74) is 1.33. The molecule has 1 saturated heterocycles. The number of methoxy groups -OCH3 is 1. The average molecular weight is 341 g/mol. The van der Waals surface area contributed by atoms with Crippen LogP contribution in [0.2, 0.25) is 0 Å². The highest BCUT2D eigenvalue weighted by molar-refractivity contribution is 9.10. The van der Waals surface area contributed by atoms with Gasteiger partial charge in [0.05, 0.1) is 11.6 Å². The van der Waals surface area contributed by atoms with Crippen LogP contribution in [0.25, 0.3) is 0 Å². The van der Waals surface area contributed by atoms with E-state index in [0.29, 0.717) is 18.0 Å². The van der Waals surface area contributed by atoms with Crippen LogP contribution in [0.5, 0.6) is 5.75 Å². The number of rotatable bonds is 4. The Morgan fingerprint density at radius 2 is 2.20 bits per heavy atom. The van der Waals surface area contributed by atoms with Gasteiger partial charge in [0.1, 0.15) is 5.75 Å². The van der Waals surface area contributed by atoms with Crippen molar-refractivity contribution in [2.45, 2.75) is 39.4 Å². The summed E-state index contributed by atoms with van der Waals surface area (Å²) in [6.07, 6.45) is 0. The molecule has 1 N–H and O–H groups in total. The second kappa shape index (κ2) is 6.92. The van der Waals surface area contributed by atoms with Gasteiger partial charge >= 0.3 is 0 Å². The molecule has 1 fully saturated rings. The number of hydrogen-bond acceptors (Lipinski definition) is 3. The Labute approximate surface area is 130 Å². The summed E-state index contributed by atoms with van der Waals surface area (Å²) in [6, 6.07) is 7.53. The second-order valence-corrected chi connectivity index (χ2v) is 6.87. The first-order chi connectivity index (χ1) is 9.51. The standard InChI is InChI=1S/C16H25BrN2O/c1-11(2)15-8-18-12(3)9-19(15)10-13-5-6-16(20-4)14(17)7-13/h5-7,11-12,15,18H,8-10H2,1-4H3. The fraction of sp³-hybridized carbons (Fsp3) is 0.625. The number of hydrogen-bond donors (Lipinski definition) is 1. The second-order valence-electron chi connectivity index (χ2n) is 6.02. The van der Waals surface area contributed by atoms with Crippen molar-refractivity contribution in [3.63, 3.8) is 0 Å². The van der Waals surface area contributed by atoms with E-state index in [9.17, 15) is 0 Å². The zero-order valence-corrected chi connectivity index (χ0v) is 14.4. The minimum Gasteiger partial charge on any atom is -0.496 e. The van der Waals surface area contributed by atoms with Crippen molar-refractivity contribution in [3.05, 3.63) is 28.2 Å². The van der Waals surface area contributed by atoms with Crippen LogP contribution in [-0.4, -0.2) is 37.2 Å². The lowest BCUT2D eigenvalue weighted by molar-refractivity contribution is 0.0955. The molecule has 4 heteroatoms. The fourth-order valence-electron chi connectivity index (χ4n) is 2.88. The van der Waals surface area contributed by atoms with Crippen LogP contribution in [0, 0.1) is 5.92 Å². The van der Waals surface area contributed by atoms with Crippen molar-refractivity contribution in [1.82, 2.24) is 10.2 Å². The van der Waals surface area contributed by atoms with Gasteiger partial charge < -0.3 is 10.1 Å². The Kier molecular flexibility index (Phi) is 5.47. The van der Waals surface area contributed by atoms with Crippen molar-refractivity contribution >= 4 is 15.9 Å². The summed E-state index contributed by atoms with van der Waals surface area (Å²) < 4.78 is 6.33. The van der Waals surface area contributed by atoms with Gasteiger partial charge in [-0.3, -0.25) is 4.90 Å². The van der Waals surface area contributed by atoms with E-state index in [1.54, 1.807) is 7.11 Å². The average Bonchev–Trinajstić information content (AvgIpc) is 2.38. The zero-order valence-electron chi connectivity index (χ0n) is 12.8. The van der Waals surface area contributed by atoms with E-state index in [1.807, 2.05) is 6.07 Å². The van der Waals surface area contributed by atoms with E-state index >= 15 is 0 Å². The molecule has 1 heterocycles. The monoisotopic (exact) mass is 340 g/mol. The van der Waals surface area contributed by atoms with Gasteiger partial charge in [0.2, 0.25) is 0 Å². The topological polar surface area (TPSA) is 24.5 Å². The molecule has 3 nitrogen and oxygen atoms in total. The molecule has 2 atom stereocenters. The molecule has 1 aliphatic heterocycles. The number of piperazine rings is 1. The molecule has 2 unspecified atom stereocenters. The van der Waals surface area contributed by atoms with Crippen molar-refractivity contribution < 1.29 is 4.74 Å². The van der Waals surface area contributed by atoms with E-state index < -0.39 is 0 Å². The number of ether oxygens (including phenoxy) is 1. The third-order valence-corrected chi connectivity index (χ3v) is 4.64. The van der Waals surface area contributed by atoms with Crippen LogP contribution in [0.1, 0.15) is 26.3 Å². The first-order valence-corrected chi connectivity index (χ1v) is 8.10. The molecule has 2 rings (SSSR count). The van der Waals surface area contributed by atoms with Crippen LogP contribution >= 0.6 is 15.9 Å². The molecule has 1 aromatic rings. The predicted molar refractivity (Wildman–Crippen MR) is 87.2 cm³/mol. The molecule has 0 aromatic heterocycles. The fourth-order valence-corrected chi connectivity index (χ4v) is 3.47. The highest BCUT2D eigenvalue weighted by Gasteiger charge is 2.27. The maximum Gasteiger partial charge on any atom is 0.133 e. The molecule has 0 aliphatic carbocycles. The number of halogens is 1. The van der Waals surface area contributed by atoms with Gasteiger partial charge in [0.15, 0.2) is 0 Å². The van der Waals surface area contributed by atoms with Gasteiger partial charge in [-0.2, -0.15) is 0 Å². The summed E-state index contributed by atoms with van der Waals surface area (Å²) in [4.78, 5) is 2.60. The van der Waals surface area contributed by atoms with E-state index in [4.69, 9.17) is 4.74 Å². The number of nitrogens with zero attached hydrogens (tertiary/aromatic N) is 1. The van der Waals surface area contributed by atoms with Crippen molar-refractivity contribution in [2.75, 3.05) is 20.2 Å². The molecule has 0 amide bonds. The van der Waals surface area contributed by atoms with Crippen molar-refractivity contribution in [3.8, 4) is 5.75 Å². The van der Waals surface area contributed by atoms with E-state index in [-0.39, 0.29) is 0 Å². The van der Waals surface area contributed by atoms with Crippen LogP contribution in [-0.2, 0) is 6.54 Å². The third kappa shape index (κ3) is 3.74. The third-order valence-electron chi connectivity index (χ3n) is 4.02. The molecule has 0 saturated carbocycles. The molecule has 0 bridgehead atoms. The summed E-state index contributed by atoms with van der Waals surface area (Å²) in [7, 11) is 1.70. The SMILES string of the molecule is COc1ccc(CN2CC(C)NCC2C(C)C)cc1Br. The molecule has 0 radical (unpaired) electrons. The van der Waals surface area contributed by atoms with Crippen molar-refractivity contribution in [1.29, 1.82) is 0 Å². The Morgan fingerprint density at radius 3 is 2.80 bits per heavy atom. The summed E-state index contributed by atoms with van der Waals surface area (Å²) >= 11 is 3.57. The first kappa shape index (κ1) is 15.8. The lowest BCUT2D eigenvalue weighted by Gasteiger charge is -2.41. The number of benzene rings is 1. The summed E-state index contributed by atoms with van der Waals surface area (Å²) in [6.45, 7) is 10.0. The Bertz CT molecular complexity index is 450. The number of nitrogens with one attached hydrogen (secondary N) is 1. The van der Waals surface area contributed by atoms with Gasteiger partial charge in [-0.1, -0.05) is 19.9 Å². The smallest absolute Gasteiger partial charge is 0.133 e. The van der Waals surface area contributed by atoms with Gasteiger partial charge in [0, 0.05) is 31.7 Å². The molecular formula is C16H25BrN2O. The molecule has 0 spiro atoms. The maximum atomic E-state index is 5.30. The molecule has 1 aromatic carbocycles. The minimum absolute atomic E-state index is 0.562. The molecule has 1 aliphatic rings. The van der Waals surface area contributed by atoms with Crippen molar-refractivity contribution in [2.24, 2.45) is 5.92 Å². The Balaban J connectivity index is 2.11. The normalized spacial score (nSPS) is 24.1. The van der Waals surface area contributed by atoms with Crippen LogP contribution in [0.3, 0.4) is 0 Å². The zero-order chi connectivity index (χ0) is 14.7.